The molecular weight excluding hydrogens is 917 g/mol. The van der Waals surface area contributed by atoms with Gasteiger partial charge in [-0.2, -0.15) is 10.5 Å². The Morgan fingerprint density at radius 2 is 0.740 bits per heavy atom. The number of rotatable bonds is 8. The van der Waals surface area contributed by atoms with Crippen LogP contribution in [0.15, 0.2) is 0 Å². The number of hydrogen-bond donors (Lipinski definition) is 1. The lowest BCUT2D eigenvalue weighted by Crippen LogP contribution is -2.42. The first-order chi connectivity index (χ1) is 34.2. The zero-order valence-corrected chi connectivity index (χ0v) is 46.9. The second-order valence-electron chi connectivity index (χ2n) is 28.8. The van der Waals surface area contributed by atoms with Crippen LogP contribution in [0.3, 0.4) is 0 Å². The number of fused-ring (bicyclic) bond motifs is 20. The van der Waals surface area contributed by atoms with Crippen molar-refractivity contribution >= 4 is 23.9 Å². The van der Waals surface area contributed by atoms with Gasteiger partial charge in [0, 0.05) is 45.4 Å². The van der Waals surface area contributed by atoms with Gasteiger partial charge in [-0.25, -0.2) is 0 Å². The van der Waals surface area contributed by atoms with Crippen molar-refractivity contribution in [3.8, 4) is 12.1 Å². The van der Waals surface area contributed by atoms with Crippen molar-refractivity contribution in [2.75, 3.05) is 0 Å². The second-order valence-corrected chi connectivity index (χ2v) is 28.8. The average molecular weight is 1010 g/mol. The van der Waals surface area contributed by atoms with Crippen LogP contribution in [0.25, 0.3) is 0 Å². The molecule has 0 amide bonds. The Bertz CT molecular complexity index is 2150. The van der Waals surface area contributed by atoms with Gasteiger partial charge in [-0.15, -0.1) is 0 Å². The lowest BCUT2D eigenvalue weighted by Gasteiger charge is -2.40. The third-order valence-corrected chi connectivity index (χ3v) is 23.6. The number of aliphatic hydroxyl groups excluding tert-OH is 1. The first-order valence-electron chi connectivity index (χ1n) is 29.5. The zero-order chi connectivity index (χ0) is 52.9. The molecule has 0 aliphatic heterocycles. The molecule has 12 saturated carbocycles. The molecule has 12 aliphatic rings. The van der Waals surface area contributed by atoms with Gasteiger partial charge >= 0.3 is 23.9 Å². The molecule has 0 aromatic heterocycles. The predicted molar refractivity (Wildman–Crippen MR) is 276 cm³/mol. The summed E-state index contributed by atoms with van der Waals surface area (Å²) in [6.07, 6.45) is 20.9. The number of nitrogens with zero attached hydrogens (tertiary/aromatic N) is 2. The molecule has 0 saturated heterocycles. The maximum absolute atomic E-state index is 11.3. The smallest absolute Gasteiger partial charge is 0.303 e. The van der Waals surface area contributed by atoms with Crippen LogP contribution in [0, 0.1) is 153 Å². The van der Waals surface area contributed by atoms with E-state index in [2.05, 4.69) is 39.8 Å². The Balaban J connectivity index is 0.000000120. The highest BCUT2D eigenvalue weighted by Gasteiger charge is 2.62. The molecule has 0 aromatic carbocycles. The Hall–Kier alpha value is -3.18. The summed E-state index contributed by atoms with van der Waals surface area (Å²) in [7, 11) is 0. The van der Waals surface area contributed by atoms with Gasteiger partial charge in [0.25, 0.3) is 0 Å². The molecule has 0 aromatic rings. The molecule has 73 heavy (non-hydrogen) atoms. The van der Waals surface area contributed by atoms with E-state index < -0.39 is 0 Å². The van der Waals surface area contributed by atoms with E-state index in [1.54, 1.807) is 0 Å². The van der Waals surface area contributed by atoms with Gasteiger partial charge in [-0.1, -0.05) is 0 Å². The fraction of sp³-hybridized carbons (Fsp3) is 0.903. The maximum Gasteiger partial charge on any atom is 0.303 e. The second kappa shape index (κ2) is 20.3. The van der Waals surface area contributed by atoms with Crippen LogP contribution in [0.4, 0.5) is 0 Å². The lowest BCUT2D eigenvalue weighted by atomic mass is 9.70. The molecule has 0 heterocycles. The van der Waals surface area contributed by atoms with E-state index in [1.807, 2.05) is 27.7 Å². The number of ether oxygens (including phenoxy) is 4. The van der Waals surface area contributed by atoms with Gasteiger partial charge < -0.3 is 24.1 Å². The summed E-state index contributed by atoms with van der Waals surface area (Å²) in [6, 6.07) is 4.97. The predicted octanol–water partition coefficient (Wildman–Crippen LogP) is 12.1. The van der Waals surface area contributed by atoms with Crippen molar-refractivity contribution in [1.82, 2.24) is 0 Å². The van der Waals surface area contributed by atoms with Crippen molar-refractivity contribution in [3.05, 3.63) is 0 Å². The zero-order valence-electron chi connectivity index (χ0n) is 46.9. The van der Waals surface area contributed by atoms with Crippen molar-refractivity contribution < 1.29 is 43.2 Å². The monoisotopic (exact) mass is 1010 g/mol. The Morgan fingerprint density at radius 3 is 1.21 bits per heavy atom. The highest BCUT2D eigenvalue weighted by molar-refractivity contribution is 5.67. The highest BCUT2D eigenvalue weighted by Crippen LogP contribution is 2.66. The summed E-state index contributed by atoms with van der Waals surface area (Å²) in [4.78, 5) is 44.9. The summed E-state index contributed by atoms with van der Waals surface area (Å²) in [5.74, 6) is 14.3. The average Bonchev–Trinajstić information content (AvgIpc) is 4.12. The first kappa shape index (κ1) is 54.6. The summed E-state index contributed by atoms with van der Waals surface area (Å²) in [5, 5.41) is 28.4. The number of carbonyl (C=O) groups is 4. The van der Waals surface area contributed by atoms with E-state index in [1.165, 1.54) is 98.3 Å². The third-order valence-electron chi connectivity index (χ3n) is 23.6. The van der Waals surface area contributed by atoms with Crippen molar-refractivity contribution in [2.45, 2.75) is 221 Å². The van der Waals surface area contributed by atoms with Gasteiger partial charge in [0.15, 0.2) is 0 Å². The number of carbonyl (C=O) groups excluding carboxylic acids is 4. The van der Waals surface area contributed by atoms with Crippen LogP contribution in [0.2, 0.25) is 0 Å². The van der Waals surface area contributed by atoms with Crippen LogP contribution in [-0.2, 0) is 38.1 Å². The number of hydrogen-bond acceptors (Lipinski definition) is 11. The highest BCUT2D eigenvalue weighted by atomic mass is 16.6. The van der Waals surface area contributed by atoms with E-state index in [-0.39, 0.29) is 58.3 Å². The van der Waals surface area contributed by atoms with Crippen LogP contribution in [0.1, 0.15) is 192 Å². The number of nitriles is 2. The van der Waals surface area contributed by atoms with E-state index in [0.717, 1.165) is 97.7 Å². The Morgan fingerprint density at radius 1 is 0.384 bits per heavy atom. The fourth-order valence-corrected chi connectivity index (χ4v) is 20.8. The normalized spacial score (nSPS) is 44.5. The SMILES string of the molecule is CC(=O)OC(C)(C)C1CC2C3CC(C#N)C(C3)C2C1.CC(=O)OC(C)(C)C1CC2C3CC(O)C(C3)C2C1.CC(=O)OC(C)(C)C1CC2C3CCC(C3)C2C1.CC(=O)OC(C)(C)C1CC2CC1C1CC(C#N)CC21. The van der Waals surface area contributed by atoms with Crippen LogP contribution < -0.4 is 0 Å². The minimum atomic E-state index is -0.349. The molecule has 0 spiro atoms. The van der Waals surface area contributed by atoms with Gasteiger partial charge in [0.05, 0.1) is 18.2 Å². The molecule has 11 heteroatoms. The van der Waals surface area contributed by atoms with Gasteiger partial charge in [0.1, 0.15) is 22.4 Å². The minimum absolute atomic E-state index is 0.0631. The standard InChI is InChI=1S/2C16H23NO2.C15H24O3.C15H24O2/c1-9(18)19-16(2,3)12-6-14-10-4-11(8-17)13(5-10)15(14)7-12;1-9(18)19-16(2,3)15-7-11-6-14(15)13-5-10(8-17)4-12(11)13;1-8(16)18-15(2,3)10-6-11-9-4-13(12(11)7-10)14(17)5-9;1-9(16)17-15(2,3)12-7-13-10-4-5-11(6-10)14(13)8-12/h2*10-15H,4-7H2,1-3H3;9-14,17H,4-7H2,1-3H3;10-14H,4-8H2,1-3H3. The summed E-state index contributed by atoms with van der Waals surface area (Å²) in [6.45, 7) is 22.5. The summed E-state index contributed by atoms with van der Waals surface area (Å²) in [5.41, 5.74) is -1.30. The first-order valence-corrected chi connectivity index (χ1v) is 29.5. The maximum atomic E-state index is 11.3. The molecule has 22 atom stereocenters. The van der Waals surface area contributed by atoms with E-state index >= 15 is 0 Å². The Labute approximate surface area is 439 Å². The van der Waals surface area contributed by atoms with Gasteiger partial charge in [-0.05, 0) is 277 Å². The van der Waals surface area contributed by atoms with Crippen molar-refractivity contribution in [1.29, 1.82) is 10.5 Å². The molecular formula is C62H94N2O9. The molecule has 12 aliphatic carbocycles. The lowest BCUT2D eigenvalue weighted by molar-refractivity contribution is -0.163. The number of aliphatic hydroxyl groups is 1. The largest absolute Gasteiger partial charge is 0.460 e. The number of esters is 4. The molecule has 0 radical (unpaired) electrons. The quantitative estimate of drug-likeness (QED) is 0.181. The van der Waals surface area contributed by atoms with Crippen LogP contribution in [0.5, 0.6) is 0 Å². The van der Waals surface area contributed by atoms with E-state index in [4.69, 9.17) is 24.2 Å². The fourth-order valence-electron chi connectivity index (χ4n) is 20.8. The Kier molecular flexibility index (Phi) is 15.2. The third kappa shape index (κ3) is 10.7. The molecule has 12 rings (SSSR count). The molecule has 8 bridgehead atoms. The van der Waals surface area contributed by atoms with Gasteiger partial charge in [0.2, 0.25) is 0 Å². The van der Waals surface area contributed by atoms with E-state index in [9.17, 15) is 29.5 Å². The molecule has 406 valence electrons. The molecule has 1 N–H and O–H groups in total. The topological polar surface area (TPSA) is 173 Å². The molecule has 22 unspecified atom stereocenters. The molecule has 12 fully saturated rings. The van der Waals surface area contributed by atoms with Crippen molar-refractivity contribution in [2.24, 2.45) is 130 Å². The van der Waals surface area contributed by atoms with Crippen molar-refractivity contribution in [3.63, 3.8) is 0 Å². The van der Waals surface area contributed by atoms with E-state index in [0.29, 0.717) is 65.1 Å². The summed E-state index contributed by atoms with van der Waals surface area (Å²) < 4.78 is 22.1. The molecule has 11 nitrogen and oxygen atoms in total. The van der Waals surface area contributed by atoms with Crippen LogP contribution in [-0.4, -0.2) is 57.5 Å². The van der Waals surface area contributed by atoms with Crippen LogP contribution >= 0.6 is 0 Å². The minimum Gasteiger partial charge on any atom is -0.460 e. The van der Waals surface area contributed by atoms with Gasteiger partial charge in [-0.3, -0.25) is 19.2 Å². The summed E-state index contributed by atoms with van der Waals surface area (Å²) >= 11 is 0.